The van der Waals surface area contributed by atoms with Crippen molar-refractivity contribution in [1.82, 2.24) is 9.55 Å². The summed E-state index contributed by atoms with van der Waals surface area (Å²) >= 11 is 0. The van der Waals surface area contributed by atoms with Gasteiger partial charge in [0, 0.05) is 0 Å². The van der Waals surface area contributed by atoms with Crippen LogP contribution < -0.4 is 5.73 Å². The molecule has 0 spiro atoms. The second-order valence-corrected chi connectivity index (χ2v) is 5.92. The highest BCUT2D eigenvalue weighted by molar-refractivity contribution is 5.92. The van der Waals surface area contributed by atoms with Gasteiger partial charge in [-0.2, -0.15) is 0 Å². The highest BCUT2D eigenvalue weighted by Crippen LogP contribution is 2.43. The van der Waals surface area contributed by atoms with Crippen LogP contribution in [-0.4, -0.2) is 57.9 Å². The number of imidazole rings is 1. The molecule has 1 aromatic rings. The standard InChI is InChI=1S/C14H21N3O6/c1-4-20-13(19)8-11(15)17(6-16-8)12-10-9(7(5-18)21-12)22-14(2,3)23-10/h6-7,9-10,12,18H,4-5,15H2,1-3H3/t7-,9-,10-,12-/m1/s1. The summed E-state index contributed by atoms with van der Waals surface area (Å²) in [4.78, 5) is 15.8. The van der Waals surface area contributed by atoms with Crippen molar-refractivity contribution in [3.8, 4) is 0 Å². The van der Waals surface area contributed by atoms with Gasteiger partial charge >= 0.3 is 5.97 Å². The lowest BCUT2D eigenvalue weighted by molar-refractivity contribution is -0.199. The van der Waals surface area contributed by atoms with Gasteiger partial charge in [-0.3, -0.25) is 4.57 Å². The van der Waals surface area contributed by atoms with Crippen molar-refractivity contribution in [2.75, 3.05) is 18.9 Å². The van der Waals surface area contributed by atoms with Gasteiger partial charge in [-0.05, 0) is 20.8 Å². The van der Waals surface area contributed by atoms with Crippen LogP contribution in [0.2, 0.25) is 0 Å². The number of nitrogens with zero attached hydrogens (tertiary/aromatic N) is 2. The number of ether oxygens (including phenoxy) is 4. The largest absolute Gasteiger partial charge is 0.461 e. The summed E-state index contributed by atoms with van der Waals surface area (Å²) in [7, 11) is 0. The molecule has 2 aliphatic heterocycles. The van der Waals surface area contributed by atoms with Gasteiger partial charge in [0.1, 0.15) is 24.1 Å². The van der Waals surface area contributed by atoms with E-state index in [1.54, 1.807) is 20.8 Å². The SMILES string of the molecule is CCOC(=O)c1ncn([C@@H]2O[C@H](CO)[C@H]3OC(C)(C)O[C@H]32)c1N. The Bertz CT molecular complexity index is 601. The molecule has 2 fully saturated rings. The van der Waals surface area contributed by atoms with Crippen LogP contribution in [0, 0.1) is 0 Å². The van der Waals surface area contributed by atoms with Crippen molar-refractivity contribution in [3.63, 3.8) is 0 Å². The third-order valence-electron chi connectivity index (χ3n) is 3.88. The summed E-state index contributed by atoms with van der Waals surface area (Å²) < 4.78 is 23.9. The molecule has 0 unspecified atom stereocenters. The summed E-state index contributed by atoms with van der Waals surface area (Å²) in [5.74, 6) is -1.26. The third-order valence-corrected chi connectivity index (χ3v) is 3.88. The molecule has 0 bridgehead atoms. The van der Waals surface area contributed by atoms with Crippen LogP contribution in [0.15, 0.2) is 6.33 Å². The topological polar surface area (TPSA) is 118 Å². The molecule has 0 aromatic carbocycles. The normalized spacial score (nSPS) is 32.0. The predicted molar refractivity (Wildman–Crippen MR) is 77.4 cm³/mol. The number of aliphatic hydroxyl groups is 1. The molecule has 1 aromatic heterocycles. The number of nitrogens with two attached hydrogens (primary N) is 1. The second kappa shape index (κ2) is 5.75. The maximum absolute atomic E-state index is 11.8. The number of carbonyl (C=O) groups is 1. The molecule has 4 atom stereocenters. The van der Waals surface area contributed by atoms with E-state index in [0.717, 1.165) is 0 Å². The van der Waals surface area contributed by atoms with Crippen LogP contribution >= 0.6 is 0 Å². The molecule has 23 heavy (non-hydrogen) atoms. The number of aromatic nitrogens is 2. The van der Waals surface area contributed by atoms with E-state index < -0.39 is 36.3 Å². The minimum atomic E-state index is -0.788. The molecule has 9 heteroatoms. The zero-order valence-electron chi connectivity index (χ0n) is 13.3. The average molecular weight is 327 g/mol. The highest BCUT2D eigenvalue weighted by Gasteiger charge is 2.56. The number of nitrogen functional groups attached to an aromatic ring is 1. The molecule has 128 valence electrons. The van der Waals surface area contributed by atoms with E-state index in [1.807, 2.05) is 0 Å². The third kappa shape index (κ3) is 2.69. The number of hydrogen-bond acceptors (Lipinski definition) is 8. The molecule has 0 amide bonds. The smallest absolute Gasteiger partial charge is 0.360 e. The maximum atomic E-state index is 11.8. The monoisotopic (exact) mass is 327 g/mol. The van der Waals surface area contributed by atoms with Gasteiger partial charge in [-0.1, -0.05) is 0 Å². The van der Waals surface area contributed by atoms with Gasteiger partial charge in [-0.25, -0.2) is 9.78 Å². The van der Waals surface area contributed by atoms with Crippen LogP contribution in [0.3, 0.4) is 0 Å². The first-order valence-electron chi connectivity index (χ1n) is 7.49. The number of esters is 1. The fourth-order valence-corrected chi connectivity index (χ4v) is 2.96. The number of hydrogen-bond donors (Lipinski definition) is 2. The number of anilines is 1. The Morgan fingerprint density at radius 3 is 2.83 bits per heavy atom. The number of carbonyl (C=O) groups excluding carboxylic acids is 1. The van der Waals surface area contributed by atoms with Gasteiger partial charge in [0.15, 0.2) is 17.7 Å². The van der Waals surface area contributed by atoms with E-state index >= 15 is 0 Å². The average Bonchev–Trinajstić information content (AvgIpc) is 3.10. The van der Waals surface area contributed by atoms with Crippen molar-refractivity contribution < 1.29 is 28.8 Å². The summed E-state index contributed by atoms with van der Waals surface area (Å²) in [6, 6.07) is 0. The first kappa shape index (κ1) is 16.2. The molecular formula is C14H21N3O6. The van der Waals surface area contributed by atoms with Crippen LogP contribution in [0.25, 0.3) is 0 Å². The molecule has 9 nitrogen and oxygen atoms in total. The molecular weight excluding hydrogens is 306 g/mol. The minimum absolute atomic E-state index is 0.0256. The Kier molecular flexibility index (Phi) is 4.05. The van der Waals surface area contributed by atoms with Gasteiger partial charge in [0.05, 0.1) is 19.5 Å². The van der Waals surface area contributed by atoms with Gasteiger partial charge in [-0.15, -0.1) is 0 Å². The Balaban J connectivity index is 1.89. The fraction of sp³-hybridized carbons (Fsp3) is 0.714. The lowest BCUT2D eigenvalue weighted by Crippen LogP contribution is -2.31. The van der Waals surface area contributed by atoms with Gasteiger partial charge in [0.25, 0.3) is 0 Å². The van der Waals surface area contributed by atoms with Crippen molar-refractivity contribution in [1.29, 1.82) is 0 Å². The Morgan fingerprint density at radius 1 is 1.48 bits per heavy atom. The highest BCUT2D eigenvalue weighted by atomic mass is 16.8. The van der Waals surface area contributed by atoms with E-state index in [4.69, 9.17) is 24.7 Å². The number of rotatable bonds is 4. The summed E-state index contributed by atoms with van der Waals surface area (Å²) in [5.41, 5.74) is 6.04. The molecule has 2 saturated heterocycles. The lowest BCUT2D eigenvalue weighted by atomic mass is 10.1. The number of fused-ring (bicyclic) bond motifs is 1. The van der Waals surface area contributed by atoms with Gasteiger partial charge < -0.3 is 29.8 Å². The number of aliphatic hydroxyl groups excluding tert-OH is 1. The van der Waals surface area contributed by atoms with Crippen LogP contribution in [-0.2, 0) is 18.9 Å². The van der Waals surface area contributed by atoms with E-state index in [-0.39, 0.29) is 24.7 Å². The quantitative estimate of drug-likeness (QED) is 0.745. The minimum Gasteiger partial charge on any atom is -0.461 e. The van der Waals surface area contributed by atoms with Crippen LogP contribution in [0.1, 0.15) is 37.5 Å². The predicted octanol–water partition coefficient (Wildman–Crippen LogP) is 0.0518. The molecule has 3 heterocycles. The van der Waals surface area contributed by atoms with E-state index in [1.165, 1.54) is 10.9 Å². The van der Waals surface area contributed by atoms with E-state index in [0.29, 0.717) is 0 Å². The molecule has 0 aliphatic carbocycles. The Labute approximate surface area is 133 Å². The summed E-state index contributed by atoms with van der Waals surface area (Å²) in [5, 5.41) is 9.49. The van der Waals surface area contributed by atoms with E-state index in [2.05, 4.69) is 4.98 Å². The summed E-state index contributed by atoms with van der Waals surface area (Å²) in [6.07, 6.45) is -0.673. The molecule has 0 saturated carbocycles. The van der Waals surface area contributed by atoms with Crippen molar-refractivity contribution >= 4 is 11.8 Å². The Morgan fingerprint density at radius 2 is 2.17 bits per heavy atom. The van der Waals surface area contributed by atoms with Crippen LogP contribution in [0.4, 0.5) is 5.82 Å². The zero-order chi connectivity index (χ0) is 16.8. The molecule has 3 N–H and O–H groups in total. The van der Waals surface area contributed by atoms with Crippen molar-refractivity contribution in [2.45, 2.75) is 51.1 Å². The van der Waals surface area contributed by atoms with Crippen molar-refractivity contribution in [2.24, 2.45) is 0 Å². The summed E-state index contributed by atoms with van der Waals surface area (Å²) in [6.45, 7) is 5.30. The van der Waals surface area contributed by atoms with Gasteiger partial charge in [0.2, 0.25) is 0 Å². The molecule has 2 aliphatic rings. The Hall–Kier alpha value is -1.68. The fourth-order valence-electron chi connectivity index (χ4n) is 2.96. The van der Waals surface area contributed by atoms with Crippen molar-refractivity contribution in [3.05, 3.63) is 12.0 Å². The molecule has 0 radical (unpaired) electrons. The maximum Gasteiger partial charge on any atom is 0.360 e. The van der Waals surface area contributed by atoms with Crippen LogP contribution in [0.5, 0.6) is 0 Å². The first-order valence-corrected chi connectivity index (χ1v) is 7.49. The zero-order valence-corrected chi connectivity index (χ0v) is 13.3. The first-order chi connectivity index (χ1) is 10.9. The van der Waals surface area contributed by atoms with E-state index in [9.17, 15) is 9.90 Å². The second-order valence-electron chi connectivity index (χ2n) is 5.92. The molecule has 3 rings (SSSR count). The lowest BCUT2D eigenvalue weighted by Gasteiger charge is -2.24.